The Balaban J connectivity index is 1.25. The highest BCUT2D eigenvalue weighted by molar-refractivity contribution is 5.79. The fourth-order valence-electron chi connectivity index (χ4n) is 4.61. The van der Waals surface area contributed by atoms with Crippen LogP contribution in [0.15, 0.2) is 36.4 Å². The number of benzene rings is 1. The second-order valence-corrected chi connectivity index (χ2v) is 8.97. The topological polar surface area (TPSA) is 61.4 Å². The van der Waals surface area contributed by atoms with E-state index < -0.39 is 0 Å². The normalized spacial score (nSPS) is 19.9. The summed E-state index contributed by atoms with van der Waals surface area (Å²) in [6, 6.07) is 12.4. The van der Waals surface area contributed by atoms with Gasteiger partial charge in [-0.15, -0.1) is 10.2 Å². The van der Waals surface area contributed by atoms with Gasteiger partial charge >= 0.3 is 0 Å². The van der Waals surface area contributed by atoms with Crippen molar-refractivity contribution in [2.75, 3.05) is 44.2 Å². The van der Waals surface area contributed by atoms with Crippen LogP contribution in [-0.4, -0.2) is 60.3 Å². The van der Waals surface area contributed by atoms with Crippen LogP contribution in [0.5, 0.6) is 0 Å². The van der Waals surface area contributed by atoms with E-state index in [1.54, 1.807) is 0 Å². The monoisotopic (exact) mass is 421 g/mol. The maximum atomic E-state index is 12.7. The van der Waals surface area contributed by atoms with Crippen LogP contribution in [0.25, 0.3) is 11.3 Å². The molecule has 2 aromatic rings. The number of aryl methyl sites for hydroxylation is 1. The first-order chi connectivity index (χ1) is 15.2. The van der Waals surface area contributed by atoms with Gasteiger partial charge in [-0.1, -0.05) is 36.2 Å². The Labute approximate surface area is 186 Å². The minimum Gasteiger partial charge on any atom is -0.356 e. The lowest BCUT2D eigenvalue weighted by atomic mass is 9.97. The maximum Gasteiger partial charge on any atom is 0.224 e. The highest BCUT2D eigenvalue weighted by Crippen LogP contribution is 2.23. The van der Waals surface area contributed by atoms with Gasteiger partial charge in [0.05, 0.1) is 11.6 Å². The number of rotatable bonds is 7. The van der Waals surface area contributed by atoms with Gasteiger partial charge in [0, 0.05) is 25.2 Å². The molecule has 2 saturated heterocycles. The van der Waals surface area contributed by atoms with Crippen molar-refractivity contribution in [2.45, 2.75) is 45.4 Å². The van der Waals surface area contributed by atoms with E-state index in [2.05, 4.69) is 56.5 Å². The molecule has 31 heavy (non-hydrogen) atoms. The van der Waals surface area contributed by atoms with Crippen LogP contribution >= 0.6 is 0 Å². The molecule has 0 aliphatic carbocycles. The van der Waals surface area contributed by atoms with E-state index in [-0.39, 0.29) is 11.8 Å². The summed E-state index contributed by atoms with van der Waals surface area (Å²) in [6.45, 7) is 8.03. The Kier molecular flexibility index (Phi) is 7.52. The first-order valence-corrected chi connectivity index (χ1v) is 11.8. The summed E-state index contributed by atoms with van der Waals surface area (Å²) in [5, 5.41) is 12.1. The zero-order valence-electron chi connectivity index (χ0n) is 18.7. The van der Waals surface area contributed by atoms with Crippen LogP contribution in [0.1, 0.15) is 44.1 Å². The number of anilines is 1. The Morgan fingerprint density at radius 3 is 2.55 bits per heavy atom. The third-order valence-electron chi connectivity index (χ3n) is 6.51. The van der Waals surface area contributed by atoms with Crippen molar-refractivity contribution in [3.8, 4) is 11.3 Å². The summed E-state index contributed by atoms with van der Waals surface area (Å²) in [4.78, 5) is 17.4. The first kappa shape index (κ1) is 21.8. The third kappa shape index (κ3) is 6.03. The number of carbonyl (C=O) groups excluding carboxylic acids is 1. The minimum absolute atomic E-state index is 0.0299. The van der Waals surface area contributed by atoms with Gasteiger partial charge in [0.15, 0.2) is 5.82 Å². The van der Waals surface area contributed by atoms with E-state index in [9.17, 15) is 4.79 Å². The average molecular weight is 422 g/mol. The van der Waals surface area contributed by atoms with E-state index in [1.807, 2.05) is 12.1 Å². The molecule has 0 radical (unpaired) electrons. The Hall–Kier alpha value is -2.47. The summed E-state index contributed by atoms with van der Waals surface area (Å²) in [5.74, 6) is 1.08. The molecule has 2 fully saturated rings. The van der Waals surface area contributed by atoms with E-state index in [4.69, 9.17) is 0 Å². The average Bonchev–Trinajstić information content (AvgIpc) is 2.83. The van der Waals surface area contributed by atoms with Gasteiger partial charge in [0.2, 0.25) is 5.91 Å². The minimum atomic E-state index is 0.0299. The van der Waals surface area contributed by atoms with Crippen molar-refractivity contribution in [2.24, 2.45) is 5.92 Å². The molecular formula is C25H35N5O. The highest BCUT2D eigenvalue weighted by atomic mass is 16.1. The molecule has 1 N–H and O–H groups in total. The summed E-state index contributed by atoms with van der Waals surface area (Å²) in [6.07, 6.45) is 6.99. The number of likely N-dealkylation sites (tertiary alicyclic amines) is 1. The van der Waals surface area contributed by atoms with Crippen molar-refractivity contribution in [3.63, 3.8) is 0 Å². The van der Waals surface area contributed by atoms with E-state index in [0.29, 0.717) is 0 Å². The van der Waals surface area contributed by atoms with Crippen LogP contribution in [0, 0.1) is 12.8 Å². The predicted molar refractivity (Wildman–Crippen MR) is 125 cm³/mol. The summed E-state index contributed by atoms with van der Waals surface area (Å²) in [5.41, 5.74) is 3.19. The molecule has 0 bridgehead atoms. The fraction of sp³-hybridized carbons (Fsp3) is 0.560. The summed E-state index contributed by atoms with van der Waals surface area (Å²) in [7, 11) is 0. The zero-order chi connectivity index (χ0) is 21.5. The van der Waals surface area contributed by atoms with E-state index in [0.717, 1.165) is 62.5 Å². The van der Waals surface area contributed by atoms with E-state index >= 15 is 0 Å². The second-order valence-electron chi connectivity index (χ2n) is 8.97. The number of carbonyl (C=O) groups is 1. The van der Waals surface area contributed by atoms with Gasteiger partial charge in [-0.3, -0.25) is 4.79 Å². The van der Waals surface area contributed by atoms with Crippen molar-refractivity contribution in [1.82, 2.24) is 20.4 Å². The molecule has 0 spiro atoms. The number of piperidine rings is 2. The lowest BCUT2D eigenvalue weighted by molar-refractivity contribution is -0.125. The zero-order valence-corrected chi connectivity index (χ0v) is 18.7. The van der Waals surface area contributed by atoms with E-state index in [1.165, 1.54) is 37.9 Å². The molecule has 1 aromatic heterocycles. The Morgan fingerprint density at radius 2 is 1.81 bits per heavy atom. The molecule has 2 aliphatic rings. The van der Waals surface area contributed by atoms with Crippen LogP contribution in [0.2, 0.25) is 0 Å². The maximum absolute atomic E-state index is 12.7. The van der Waals surface area contributed by atoms with Crippen LogP contribution < -0.4 is 10.2 Å². The summed E-state index contributed by atoms with van der Waals surface area (Å²) < 4.78 is 0. The SMILES string of the molecule is Cc1ccc(-c2ccc(N3CCC[C@@H](C(=O)NCCCN4CCCCC4)C3)nn2)cc1. The number of nitrogens with zero attached hydrogens (tertiary/aromatic N) is 4. The van der Waals surface area contributed by atoms with Gasteiger partial charge in [-0.2, -0.15) is 0 Å². The largest absolute Gasteiger partial charge is 0.356 e. The molecule has 1 atom stereocenters. The fourth-order valence-corrected chi connectivity index (χ4v) is 4.61. The molecule has 6 nitrogen and oxygen atoms in total. The molecule has 0 saturated carbocycles. The number of nitrogens with one attached hydrogen (secondary N) is 1. The quantitative estimate of drug-likeness (QED) is 0.692. The Morgan fingerprint density at radius 1 is 1.00 bits per heavy atom. The van der Waals surface area contributed by atoms with Crippen LogP contribution in [-0.2, 0) is 4.79 Å². The molecule has 2 aliphatic heterocycles. The number of hydrogen-bond acceptors (Lipinski definition) is 5. The lowest BCUT2D eigenvalue weighted by Crippen LogP contribution is -2.44. The molecule has 166 valence electrons. The van der Waals surface area contributed by atoms with Crippen LogP contribution in [0.3, 0.4) is 0 Å². The van der Waals surface area contributed by atoms with Gasteiger partial charge in [-0.25, -0.2) is 0 Å². The smallest absolute Gasteiger partial charge is 0.224 e. The summed E-state index contributed by atoms with van der Waals surface area (Å²) >= 11 is 0. The predicted octanol–water partition coefficient (Wildman–Crippen LogP) is 3.66. The second kappa shape index (κ2) is 10.7. The third-order valence-corrected chi connectivity index (χ3v) is 6.51. The van der Waals surface area contributed by atoms with Gasteiger partial charge in [0.1, 0.15) is 0 Å². The number of aromatic nitrogens is 2. The molecule has 3 heterocycles. The van der Waals surface area contributed by atoms with Gasteiger partial charge in [0.25, 0.3) is 0 Å². The van der Waals surface area contributed by atoms with Gasteiger partial charge in [-0.05, 0) is 70.8 Å². The molecule has 0 unspecified atom stereocenters. The molecular weight excluding hydrogens is 386 g/mol. The molecule has 1 amide bonds. The van der Waals surface area contributed by atoms with Gasteiger partial charge < -0.3 is 15.1 Å². The van der Waals surface area contributed by atoms with Crippen molar-refractivity contribution < 1.29 is 4.79 Å². The Bertz CT molecular complexity index is 830. The number of hydrogen-bond donors (Lipinski definition) is 1. The standard InChI is InChI=1S/C25H35N5O/c1-20-8-10-21(11-9-20)23-12-13-24(28-27-23)30-18-5-7-22(19-30)25(31)26-14-6-17-29-15-3-2-4-16-29/h8-13,22H,2-7,14-19H2,1H3,(H,26,31)/t22-/m1/s1. The van der Waals surface area contributed by atoms with Crippen molar-refractivity contribution in [1.29, 1.82) is 0 Å². The van der Waals surface area contributed by atoms with Crippen molar-refractivity contribution in [3.05, 3.63) is 42.0 Å². The highest BCUT2D eigenvalue weighted by Gasteiger charge is 2.26. The molecule has 1 aromatic carbocycles. The molecule has 6 heteroatoms. The van der Waals surface area contributed by atoms with Crippen molar-refractivity contribution >= 4 is 11.7 Å². The number of amides is 1. The lowest BCUT2D eigenvalue weighted by Gasteiger charge is -2.32. The molecule has 4 rings (SSSR count). The van der Waals surface area contributed by atoms with Crippen LogP contribution in [0.4, 0.5) is 5.82 Å². The first-order valence-electron chi connectivity index (χ1n) is 11.8.